The van der Waals surface area contributed by atoms with E-state index >= 15 is 0 Å². The van der Waals surface area contributed by atoms with Gasteiger partial charge in [-0.25, -0.2) is 13.4 Å². The largest absolute Gasteiger partial charge is 0.336 e. The molecule has 2 aromatic rings. The van der Waals surface area contributed by atoms with Crippen molar-refractivity contribution in [1.29, 1.82) is 0 Å². The molecule has 0 radical (unpaired) electrons. The van der Waals surface area contributed by atoms with Gasteiger partial charge in [0.15, 0.2) is 0 Å². The van der Waals surface area contributed by atoms with Crippen LogP contribution in [0.1, 0.15) is 25.2 Å². The molecule has 6 nitrogen and oxygen atoms in total. The lowest BCUT2D eigenvalue weighted by Crippen LogP contribution is -2.11. The quantitative estimate of drug-likeness (QED) is 0.762. The maximum absolute atomic E-state index is 11.7. The molecular formula is C12H17ClN4O2S. The van der Waals surface area contributed by atoms with Crippen LogP contribution >= 0.6 is 10.7 Å². The number of rotatable bonds is 6. The molecule has 8 heteroatoms. The zero-order valence-corrected chi connectivity index (χ0v) is 13.0. The Balaban J connectivity index is 2.36. The Labute approximate surface area is 122 Å². The van der Waals surface area contributed by atoms with Gasteiger partial charge in [-0.3, -0.25) is 4.68 Å². The summed E-state index contributed by atoms with van der Waals surface area (Å²) >= 11 is 0. The average molecular weight is 317 g/mol. The third kappa shape index (κ3) is 3.04. The molecule has 0 bridgehead atoms. The van der Waals surface area contributed by atoms with E-state index in [2.05, 4.69) is 10.1 Å². The van der Waals surface area contributed by atoms with Crippen LogP contribution in [0.5, 0.6) is 0 Å². The lowest BCUT2D eigenvalue weighted by molar-refractivity contribution is 0.512. The summed E-state index contributed by atoms with van der Waals surface area (Å²) in [4.78, 5) is 4.15. The molecule has 0 saturated carbocycles. The van der Waals surface area contributed by atoms with E-state index in [1.165, 1.54) is 0 Å². The summed E-state index contributed by atoms with van der Waals surface area (Å²) in [6.45, 7) is 5.03. The van der Waals surface area contributed by atoms with Gasteiger partial charge < -0.3 is 4.57 Å². The predicted octanol–water partition coefficient (Wildman–Crippen LogP) is 1.83. The smallest absolute Gasteiger partial charge is 0.264 e. The Bertz CT molecular complexity index is 677. The number of halogens is 1. The van der Waals surface area contributed by atoms with Gasteiger partial charge in [0, 0.05) is 29.6 Å². The third-order valence-electron chi connectivity index (χ3n) is 3.12. The first kappa shape index (κ1) is 15.1. The van der Waals surface area contributed by atoms with Crippen LogP contribution in [0.2, 0.25) is 0 Å². The molecule has 0 aliphatic heterocycles. The first-order valence-corrected chi connectivity index (χ1v) is 8.77. The van der Waals surface area contributed by atoms with Gasteiger partial charge in [-0.15, -0.1) is 0 Å². The average Bonchev–Trinajstić information content (AvgIpc) is 3.01. The number of aromatic nitrogens is 4. The molecular weight excluding hydrogens is 300 g/mol. The molecule has 0 atom stereocenters. The van der Waals surface area contributed by atoms with E-state index in [1.54, 1.807) is 17.2 Å². The highest BCUT2D eigenvalue weighted by atomic mass is 35.7. The Morgan fingerprint density at radius 1 is 1.25 bits per heavy atom. The van der Waals surface area contributed by atoms with Crippen molar-refractivity contribution >= 4 is 19.7 Å². The van der Waals surface area contributed by atoms with Gasteiger partial charge in [0.2, 0.25) is 0 Å². The number of nitrogens with zero attached hydrogens (tertiary/aromatic N) is 4. The summed E-state index contributed by atoms with van der Waals surface area (Å²) in [5, 5.41) is 4.38. The van der Waals surface area contributed by atoms with Crippen molar-refractivity contribution in [3.05, 3.63) is 30.1 Å². The second-order valence-electron chi connectivity index (χ2n) is 4.39. The van der Waals surface area contributed by atoms with Gasteiger partial charge in [-0.2, -0.15) is 5.10 Å². The summed E-state index contributed by atoms with van der Waals surface area (Å²) < 4.78 is 27.1. The second-order valence-corrected chi connectivity index (χ2v) is 6.89. The number of hydrogen-bond donors (Lipinski definition) is 0. The standard InChI is InChI=1S/C12H17ClN4O2S/c1-3-10-12(20(13,18)19)11(4-2)17(15-10)8-7-16-6-5-14-9-16/h5-6,9H,3-4,7-8H2,1-2H3. The highest BCUT2D eigenvalue weighted by Crippen LogP contribution is 2.25. The fraction of sp³-hybridized carbons (Fsp3) is 0.500. The highest BCUT2D eigenvalue weighted by molar-refractivity contribution is 8.13. The normalized spacial score (nSPS) is 11.9. The fourth-order valence-electron chi connectivity index (χ4n) is 2.21. The van der Waals surface area contributed by atoms with Crippen LogP contribution in [-0.2, 0) is 35.0 Å². The van der Waals surface area contributed by atoms with Crippen LogP contribution < -0.4 is 0 Å². The Kier molecular flexibility index (Phi) is 4.49. The Morgan fingerprint density at radius 2 is 2.00 bits per heavy atom. The van der Waals surface area contributed by atoms with E-state index in [-0.39, 0.29) is 4.90 Å². The zero-order chi connectivity index (χ0) is 14.8. The molecule has 20 heavy (non-hydrogen) atoms. The van der Waals surface area contributed by atoms with Gasteiger partial charge in [-0.1, -0.05) is 13.8 Å². The summed E-state index contributed by atoms with van der Waals surface area (Å²) in [6.07, 6.45) is 6.38. The molecule has 2 aromatic heterocycles. The number of hydrogen-bond acceptors (Lipinski definition) is 4. The molecule has 0 fully saturated rings. The van der Waals surface area contributed by atoms with Crippen molar-refractivity contribution in [3.63, 3.8) is 0 Å². The minimum Gasteiger partial charge on any atom is -0.336 e. The summed E-state index contributed by atoms with van der Waals surface area (Å²) in [6, 6.07) is 0. The van der Waals surface area contributed by atoms with E-state index in [0.29, 0.717) is 37.3 Å². The summed E-state index contributed by atoms with van der Waals surface area (Å²) in [5.41, 5.74) is 1.19. The molecule has 2 heterocycles. The van der Waals surface area contributed by atoms with E-state index < -0.39 is 9.05 Å². The maximum Gasteiger partial charge on any atom is 0.264 e. The Hall–Kier alpha value is -1.34. The third-order valence-corrected chi connectivity index (χ3v) is 4.54. The van der Waals surface area contributed by atoms with Gasteiger partial charge in [0.25, 0.3) is 9.05 Å². The van der Waals surface area contributed by atoms with E-state index in [4.69, 9.17) is 10.7 Å². The van der Waals surface area contributed by atoms with Gasteiger partial charge >= 0.3 is 0 Å². The van der Waals surface area contributed by atoms with Crippen LogP contribution in [0.4, 0.5) is 0 Å². The monoisotopic (exact) mass is 316 g/mol. The zero-order valence-electron chi connectivity index (χ0n) is 11.5. The topological polar surface area (TPSA) is 69.8 Å². The molecule has 0 unspecified atom stereocenters. The van der Waals surface area contributed by atoms with Gasteiger partial charge in [0.1, 0.15) is 4.90 Å². The van der Waals surface area contributed by atoms with Crippen molar-refractivity contribution in [2.24, 2.45) is 0 Å². The molecule has 2 rings (SSSR count). The molecule has 0 N–H and O–H groups in total. The van der Waals surface area contributed by atoms with Crippen LogP contribution in [0.15, 0.2) is 23.6 Å². The summed E-state index contributed by atoms with van der Waals surface area (Å²) in [5.74, 6) is 0. The van der Waals surface area contributed by atoms with Crippen molar-refractivity contribution < 1.29 is 8.42 Å². The minimum absolute atomic E-state index is 0.176. The van der Waals surface area contributed by atoms with Crippen LogP contribution in [0.25, 0.3) is 0 Å². The van der Waals surface area contributed by atoms with E-state index in [0.717, 1.165) is 0 Å². The van der Waals surface area contributed by atoms with E-state index in [1.807, 2.05) is 24.6 Å². The van der Waals surface area contributed by atoms with Gasteiger partial charge in [-0.05, 0) is 12.8 Å². The van der Waals surface area contributed by atoms with Gasteiger partial charge in [0.05, 0.1) is 24.3 Å². The maximum atomic E-state index is 11.7. The fourth-order valence-corrected chi connectivity index (χ4v) is 3.74. The van der Waals surface area contributed by atoms with Crippen molar-refractivity contribution in [1.82, 2.24) is 19.3 Å². The molecule has 0 amide bonds. The Morgan fingerprint density at radius 3 is 2.50 bits per heavy atom. The van der Waals surface area contributed by atoms with Crippen LogP contribution in [0, 0.1) is 0 Å². The first-order chi connectivity index (χ1) is 9.47. The number of imidazole rings is 1. The lowest BCUT2D eigenvalue weighted by Gasteiger charge is -2.07. The minimum atomic E-state index is -3.77. The molecule has 0 spiro atoms. The second kappa shape index (κ2) is 5.97. The van der Waals surface area contributed by atoms with Crippen molar-refractivity contribution in [3.8, 4) is 0 Å². The molecule has 110 valence electrons. The summed E-state index contributed by atoms with van der Waals surface area (Å²) in [7, 11) is 1.77. The lowest BCUT2D eigenvalue weighted by atomic mass is 10.2. The van der Waals surface area contributed by atoms with Crippen LogP contribution in [-0.4, -0.2) is 27.7 Å². The highest BCUT2D eigenvalue weighted by Gasteiger charge is 2.25. The SMILES string of the molecule is CCc1nn(CCn2ccnc2)c(CC)c1S(=O)(=O)Cl. The molecule has 0 aliphatic carbocycles. The molecule has 0 saturated heterocycles. The molecule has 0 aliphatic rings. The van der Waals surface area contributed by atoms with Crippen molar-refractivity contribution in [2.75, 3.05) is 0 Å². The van der Waals surface area contributed by atoms with Crippen molar-refractivity contribution in [2.45, 2.75) is 44.7 Å². The van der Waals surface area contributed by atoms with Crippen LogP contribution in [0.3, 0.4) is 0 Å². The predicted molar refractivity (Wildman–Crippen MR) is 76.2 cm³/mol. The number of aryl methyl sites for hydroxylation is 3. The molecule has 0 aromatic carbocycles. The first-order valence-electron chi connectivity index (χ1n) is 6.46. The van der Waals surface area contributed by atoms with E-state index in [9.17, 15) is 8.42 Å².